The molecule has 6 heteroatoms. The van der Waals surface area contributed by atoms with E-state index in [9.17, 15) is 9.59 Å². The van der Waals surface area contributed by atoms with E-state index in [0.717, 1.165) is 0 Å². The predicted molar refractivity (Wildman–Crippen MR) is 70.9 cm³/mol. The molecule has 0 aliphatic carbocycles. The first kappa shape index (κ1) is 17.7. The minimum Gasteiger partial charge on any atom is -0.458 e. The van der Waals surface area contributed by atoms with Crippen LogP contribution in [0.2, 0.25) is 0 Å². The second-order valence-electron chi connectivity index (χ2n) is 6.07. The minimum atomic E-state index is -0.526. The Kier molecular flexibility index (Phi) is 6.83. The summed E-state index contributed by atoms with van der Waals surface area (Å²) in [6.07, 6.45) is -0.506. The molecule has 0 atom stereocenters. The number of rotatable bonds is 5. The lowest BCUT2D eigenvalue weighted by Gasteiger charge is -2.20. The average molecular weight is 275 g/mol. The van der Waals surface area contributed by atoms with Gasteiger partial charge in [0.1, 0.15) is 17.8 Å². The van der Waals surface area contributed by atoms with Crippen molar-refractivity contribution < 1.29 is 23.8 Å². The second kappa shape index (κ2) is 7.33. The molecule has 0 heterocycles. The summed E-state index contributed by atoms with van der Waals surface area (Å²) in [5.74, 6) is -0.426. The summed E-state index contributed by atoms with van der Waals surface area (Å²) in [6, 6.07) is 0. The molecule has 0 fully saturated rings. The molecule has 0 rings (SSSR count). The van der Waals surface area contributed by atoms with E-state index in [1.165, 1.54) is 0 Å². The van der Waals surface area contributed by atoms with Gasteiger partial charge in [-0.3, -0.25) is 0 Å². The number of ether oxygens (including phenoxy) is 3. The van der Waals surface area contributed by atoms with Crippen molar-refractivity contribution in [2.24, 2.45) is 0 Å². The van der Waals surface area contributed by atoms with Crippen molar-refractivity contribution in [3.05, 3.63) is 0 Å². The van der Waals surface area contributed by atoms with E-state index >= 15 is 0 Å². The van der Waals surface area contributed by atoms with Gasteiger partial charge in [0.15, 0.2) is 0 Å². The molecule has 0 radical (unpaired) electrons. The molecule has 0 unspecified atom stereocenters. The van der Waals surface area contributed by atoms with E-state index in [4.69, 9.17) is 14.2 Å². The van der Waals surface area contributed by atoms with Gasteiger partial charge in [-0.25, -0.2) is 9.59 Å². The maximum Gasteiger partial charge on any atom is 0.407 e. The largest absolute Gasteiger partial charge is 0.458 e. The fourth-order valence-electron chi connectivity index (χ4n) is 1.07. The van der Waals surface area contributed by atoms with Crippen LogP contribution in [0.1, 0.15) is 41.5 Å². The van der Waals surface area contributed by atoms with Gasteiger partial charge in [-0.05, 0) is 41.5 Å². The van der Waals surface area contributed by atoms with E-state index in [0.29, 0.717) is 0 Å². The van der Waals surface area contributed by atoms with Gasteiger partial charge in [0.25, 0.3) is 0 Å². The molecule has 0 aromatic heterocycles. The molecule has 19 heavy (non-hydrogen) atoms. The molecule has 0 aliphatic rings. The van der Waals surface area contributed by atoms with Gasteiger partial charge in [-0.2, -0.15) is 0 Å². The SMILES string of the molecule is CC(C)(C)OC(=O)COCCNC(=O)OC(C)(C)C. The summed E-state index contributed by atoms with van der Waals surface area (Å²) in [5.41, 5.74) is -1.04. The Balaban J connectivity index is 3.61. The standard InChI is InChI=1S/C13H25NO5/c1-12(2,3)18-10(15)9-17-8-7-14-11(16)19-13(4,5)6/h7-9H2,1-6H3,(H,14,16). The molecular formula is C13H25NO5. The molecule has 0 aliphatic heterocycles. The van der Waals surface area contributed by atoms with Crippen LogP contribution >= 0.6 is 0 Å². The highest BCUT2D eigenvalue weighted by Crippen LogP contribution is 2.07. The van der Waals surface area contributed by atoms with Crippen LogP contribution in [0.15, 0.2) is 0 Å². The van der Waals surface area contributed by atoms with E-state index < -0.39 is 23.3 Å². The van der Waals surface area contributed by atoms with E-state index in [1.807, 2.05) is 0 Å². The number of alkyl carbamates (subject to hydrolysis) is 1. The summed E-state index contributed by atoms with van der Waals surface area (Å²) in [4.78, 5) is 22.5. The zero-order valence-electron chi connectivity index (χ0n) is 12.7. The highest BCUT2D eigenvalue weighted by Gasteiger charge is 2.17. The van der Waals surface area contributed by atoms with Crippen LogP contribution in [0, 0.1) is 0 Å². The van der Waals surface area contributed by atoms with Crippen molar-refractivity contribution >= 4 is 12.1 Å². The third-order valence-corrected chi connectivity index (χ3v) is 1.55. The maximum atomic E-state index is 11.3. The lowest BCUT2D eigenvalue weighted by atomic mass is 10.2. The molecule has 112 valence electrons. The Labute approximate surface area is 114 Å². The second-order valence-corrected chi connectivity index (χ2v) is 6.07. The summed E-state index contributed by atoms with van der Waals surface area (Å²) < 4.78 is 15.2. The molecule has 1 amide bonds. The Morgan fingerprint density at radius 2 is 1.47 bits per heavy atom. The van der Waals surface area contributed by atoms with Crippen molar-refractivity contribution in [1.82, 2.24) is 5.32 Å². The summed E-state index contributed by atoms with van der Waals surface area (Å²) >= 11 is 0. The molecule has 0 aromatic carbocycles. The fourth-order valence-corrected chi connectivity index (χ4v) is 1.07. The summed E-state index contributed by atoms with van der Waals surface area (Å²) in [5, 5.41) is 2.52. The third kappa shape index (κ3) is 12.9. The summed E-state index contributed by atoms with van der Waals surface area (Å²) in [6.45, 7) is 11.1. The van der Waals surface area contributed by atoms with Gasteiger partial charge in [-0.1, -0.05) is 0 Å². The molecule has 0 bridgehead atoms. The zero-order chi connectivity index (χ0) is 15.1. The van der Waals surface area contributed by atoms with Crippen LogP contribution < -0.4 is 5.32 Å². The van der Waals surface area contributed by atoms with Gasteiger partial charge in [0.2, 0.25) is 0 Å². The van der Waals surface area contributed by atoms with Crippen LogP contribution in [-0.2, 0) is 19.0 Å². The Bertz CT molecular complexity index is 271. The molecule has 6 nitrogen and oxygen atoms in total. The summed E-state index contributed by atoms with van der Waals surface area (Å²) in [7, 11) is 0. The Morgan fingerprint density at radius 1 is 0.947 bits per heavy atom. The predicted octanol–water partition coefficient (Wildman–Crippen LogP) is 1.87. The fraction of sp³-hybridized carbons (Fsp3) is 0.846. The molecule has 0 spiro atoms. The number of hydrogen-bond acceptors (Lipinski definition) is 5. The normalized spacial score (nSPS) is 11.9. The number of amides is 1. The van der Waals surface area contributed by atoms with Crippen molar-refractivity contribution in [3.8, 4) is 0 Å². The first-order chi connectivity index (χ1) is 8.49. The first-order valence-electron chi connectivity index (χ1n) is 6.26. The number of nitrogens with one attached hydrogen (secondary N) is 1. The smallest absolute Gasteiger partial charge is 0.407 e. The van der Waals surface area contributed by atoms with Gasteiger partial charge in [0, 0.05) is 6.54 Å². The first-order valence-corrected chi connectivity index (χ1v) is 6.26. The van der Waals surface area contributed by atoms with Gasteiger partial charge < -0.3 is 19.5 Å². The number of carbonyl (C=O) groups excluding carboxylic acids is 2. The monoisotopic (exact) mass is 275 g/mol. The van der Waals surface area contributed by atoms with Crippen LogP contribution in [0.5, 0.6) is 0 Å². The minimum absolute atomic E-state index is 0.132. The quantitative estimate of drug-likeness (QED) is 0.612. The topological polar surface area (TPSA) is 73.9 Å². The number of esters is 1. The maximum absolute atomic E-state index is 11.3. The van der Waals surface area contributed by atoms with Gasteiger partial charge in [0.05, 0.1) is 6.61 Å². The lowest BCUT2D eigenvalue weighted by molar-refractivity contribution is -0.160. The van der Waals surface area contributed by atoms with Crippen LogP contribution in [-0.4, -0.2) is 43.0 Å². The van der Waals surface area contributed by atoms with Crippen molar-refractivity contribution in [3.63, 3.8) is 0 Å². The highest BCUT2D eigenvalue weighted by atomic mass is 16.6. The van der Waals surface area contributed by atoms with Crippen LogP contribution in [0.3, 0.4) is 0 Å². The lowest BCUT2D eigenvalue weighted by Crippen LogP contribution is -2.34. The van der Waals surface area contributed by atoms with E-state index in [-0.39, 0.29) is 19.8 Å². The van der Waals surface area contributed by atoms with E-state index in [1.54, 1.807) is 41.5 Å². The van der Waals surface area contributed by atoms with E-state index in [2.05, 4.69) is 5.32 Å². The molecular weight excluding hydrogens is 250 g/mol. The van der Waals surface area contributed by atoms with Gasteiger partial charge in [-0.15, -0.1) is 0 Å². The highest BCUT2D eigenvalue weighted by molar-refractivity contribution is 5.71. The number of carbonyl (C=O) groups is 2. The van der Waals surface area contributed by atoms with Crippen molar-refractivity contribution in [1.29, 1.82) is 0 Å². The van der Waals surface area contributed by atoms with Crippen LogP contribution in [0.25, 0.3) is 0 Å². The molecule has 0 saturated carbocycles. The molecule has 0 aromatic rings. The molecule has 0 saturated heterocycles. The zero-order valence-corrected chi connectivity index (χ0v) is 12.7. The van der Waals surface area contributed by atoms with Gasteiger partial charge >= 0.3 is 12.1 Å². The average Bonchev–Trinajstić information content (AvgIpc) is 2.10. The number of hydrogen-bond donors (Lipinski definition) is 1. The van der Waals surface area contributed by atoms with Crippen molar-refractivity contribution in [2.75, 3.05) is 19.8 Å². The van der Waals surface area contributed by atoms with Crippen molar-refractivity contribution in [2.45, 2.75) is 52.7 Å². The Hall–Kier alpha value is -1.30. The Morgan fingerprint density at radius 3 is 1.95 bits per heavy atom. The third-order valence-electron chi connectivity index (χ3n) is 1.55. The molecule has 1 N–H and O–H groups in total. The van der Waals surface area contributed by atoms with Crippen LogP contribution in [0.4, 0.5) is 4.79 Å².